The van der Waals surface area contributed by atoms with Crippen LogP contribution in [-0.4, -0.2) is 5.11 Å². The first-order chi connectivity index (χ1) is 8.88. The van der Waals surface area contributed by atoms with Gasteiger partial charge in [-0.2, -0.15) is 13.2 Å². The molecule has 0 spiro atoms. The molecule has 1 aromatic carbocycles. The van der Waals surface area contributed by atoms with E-state index in [-0.39, 0.29) is 6.42 Å². The maximum Gasteiger partial charge on any atom is 0.416 e. The van der Waals surface area contributed by atoms with Crippen molar-refractivity contribution in [2.75, 3.05) is 0 Å². The van der Waals surface area contributed by atoms with Crippen molar-refractivity contribution in [2.45, 2.75) is 18.7 Å². The second-order valence-electron chi connectivity index (χ2n) is 4.05. The van der Waals surface area contributed by atoms with E-state index in [1.54, 1.807) is 11.4 Å². The average Bonchev–Trinajstić information content (AvgIpc) is 2.75. The van der Waals surface area contributed by atoms with Gasteiger partial charge in [0, 0.05) is 6.42 Å². The molecule has 0 aliphatic heterocycles. The lowest BCUT2D eigenvalue weighted by molar-refractivity contribution is -0.137. The first kappa shape index (κ1) is 14.4. The van der Waals surface area contributed by atoms with Crippen molar-refractivity contribution in [3.05, 3.63) is 56.7 Å². The predicted molar refractivity (Wildman–Crippen MR) is 69.4 cm³/mol. The predicted octanol–water partition coefficient (Wildman–Crippen LogP) is 4.70. The quantitative estimate of drug-likeness (QED) is 0.871. The average molecular weight is 307 g/mol. The Morgan fingerprint density at radius 1 is 1.16 bits per heavy atom. The van der Waals surface area contributed by atoms with E-state index in [0.717, 1.165) is 12.1 Å². The van der Waals surface area contributed by atoms with Gasteiger partial charge in [-0.25, -0.2) is 0 Å². The zero-order chi connectivity index (χ0) is 14.0. The minimum atomic E-state index is -4.34. The van der Waals surface area contributed by atoms with Gasteiger partial charge in [0.15, 0.2) is 0 Å². The van der Waals surface area contributed by atoms with Crippen LogP contribution in [0.25, 0.3) is 0 Å². The van der Waals surface area contributed by atoms with Crippen LogP contribution in [0, 0.1) is 0 Å². The zero-order valence-corrected chi connectivity index (χ0v) is 11.2. The van der Waals surface area contributed by atoms with Crippen molar-refractivity contribution in [1.29, 1.82) is 0 Å². The molecule has 1 aromatic heterocycles. The number of alkyl halides is 3. The fourth-order valence-electron chi connectivity index (χ4n) is 1.69. The lowest BCUT2D eigenvalue weighted by atomic mass is 10.0. The molecule has 6 heteroatoms. The molecule has 1 nitrogen and oxygen atoms in total. The third kappa shape index (κ3) is 3.49. The number of halogens is 4. The lowest BCUT2D eigenvalue weighted by Crippen LogP contribution is -2.05. The van der Waals surface area contributed by atoms with Crippen LogP contribution in [0.2, 0.25) is 5.02 Å². The maximum atomic E-state index is 12.4. The molecule has 1 atom stereocenters. The summed E-state index contributed by atoms with van der Waals surface area (Å²) < 4.78 is 37.2. The largest absolute Gasteiger partial charge is 0.416 e. The molecule has 2 rings (SSSR count). The Morgan fingerprint density at radius 2 is 1.79 bits per heavy atom. The summed E-state index contributed by atoms with van der Waals surface area (Å²) in [7, 11) is 0. The van der Waals surface area contributed by atoms with E-state index in [9.17, 15) is 18.3 Å². The van der Waals surface area contributed by atoms with Crippen molar-refractivity contribution < 1.29 is 18.3 Å². The van der Waals surface area contributed by atoms with Gasteiger partial charge in [0.2, 0.25) is 0 Å². The molecule has 102 valence electrons. The molecule has 1 heterocycles. The fourth-order valence-corrected chi connectivity index (χ4v) is 2.86. The summed E-state index contributed by atoms with van der Waals surface area (Å²) in [5.41, 5.74) is -0.0649. The van der Waals surface area contributed by atoms with Gasteiger partial charge in [-0.15, -0.1) is 11.3 Å². The highest BCUT2D eigenvalue weighted by Crippen LogP contribution is 2.32. The van der Waals surface area contributed by atoms with E-state index in [4.69, 9.17) is 11.6 Å². The normalized spacial score (nSPS) is 13.5. The highest BCUT2D eigenvalue weighted by Gasteiger charge is 2.30. The van der Waals surface area contributed by atoms with E-state index < -0.39 is 17.8 Å². The van der Waals surface area contributed by atoms with Crippen LogP contribution in [0.4, 0.5) is 13.2 Å². The third-order valence-corrected chi connectivity index (χ3v) is 4.12. The highest BCUT2D eigenvalue weighted by atomic mass is 35.5. The standard InChI is InChI=1S/C13H10ClF3OS/c14-10-5-6-19-12(10)11(18)7-8-1-3-9(4-2-8)13(15,16)17/h1-6,11,18H,7H2. The smallest absolute Gasteiger partial charge is 0.387 e. The van der Waals surface area contributed by atoms with Gasteiger partial charge in [0.05, 0.1) is 21.6 Å². The zero-order valence-electron chi connectivity index (χ0n) is 9.62. The summed E-state index contributed by atoms with van der Waals surface area (Å²) in [6.45, 7) is 0. The van der Waals surface area contributed by atoms with Gasteiger partial charge in [0.25, 0.3) is 0 Å². The first-order valence-electron chi connectivity index (χ1n) is 5.45. The number of benzene rings is 1. The van der Waals surface area contributed by atoms with Crippen molar-refractivity contribution in [3.63, 3.8) is 0 Å². The molecule has 2 aromatic rings. The van der Waals surface area contributed by atoms with Crippen LogP contribution in [0.15, 0.2) is 35.7 Å². The van der Waals surface area contributed by atoms with E-state index in [0.29, 0.717) is 15.5 Å². The Morgan fingerprint density at radius 3 is 2.26 bits per heavy atom. The van der Waals surface area contributed by atoms with Gasteiger partial charge in [0.1, 0.15) is 0 Å². The molecule has 0 bridgehead atoms. The highest BCUT2D eigenvalue weighted by molar-refractivity contribution is 7.10. The monoisotopic (exact) mass is 306 g/mol. The molecular weight excluding hydrogens is 297 g/mol. The Hall–Kier alpha value is -1.04. The van der Waals surface area contributed by atoms with Crippen LogP contribution < -0.4 is 0 Å². The Kier molecular flexibility index (Phi) is 4.18. The second kappa shape index (κ2) is 5.53. The summed E-state index contributed by atoms with van der Waals surface area (Å²) in [5, 5.41) is 12.2. The molecule has 0 saturated carbocycles. The van der Waals surface area contributed by atoms with Gasteiger partial charge < -0.3 is 5.11 Å². The van der Waals surface area contributed by atoms with Crippen LogP contribution in [-0.2, 0) is 12.6 Å². The second-order valence-corrected chi connectivity index (χ2v) is 5.40. The summed E-state index contributed by atoms with van der Waals surface area (Å²) >= 11 is 7.21. The Labute approximate surface area is 117 Å². The SMILES string of the molecule is OC(Cc1ccc(C(F)(F)F)cc1)c1sccc1Cl. The third-order valence-electron chi connectivity index (χ3n) is 2.66. The molecular formula is C13H10ClF3OS. The number of hydrogen-bond donors (Lipinski definition) is 1. The van der Waals surface area contributed by atoms with Crippen molar-refractivity contribution in [3.8, 4) is 0 Å². The summed E-state index contributed by atoms with van der Waals surface area (Å²) in [4.78, 5) is 0.626. The topological polar surface area (TPSA) is 20.2 Å². The molecule has 0 amide bonds. The maximum absolute atomic E-state index is 12.4. The van der Waals surface area contributed by atoms with Crippen LogP contribution in [0.1, 0.15) is 22.1 Å². The number of rotatable bonds is 3. The molecule has 0 radical (unpaired) electrons. The molecule has 0 fully saturated rings. The van der Waals surface area contributed by atoms with E-state index in [1.165, 1.54) is 23.5 Å². The summed E-state index contributed by atoms with van der Waals surface area (Å²) in [6.07, 6.45) is -4.91. The number of thiophene rings is 1. The Bertz CT molecular complexity index is 548. The Balaban J connectivity index is 2.10. The van der Waals surface area contributed by atoms with Gasteiger partial charge in [-0.1, -0.05) is 23.7 Å². The van der Waals surface area contributed by atoms with Crippen LogP contribution in [0.5, 0.6) is 0 Å². The molecule has 0 saturated heterocycles. The minimum absolute atomic E-state index is 0.234. The van der Waals surface area contributed by atoms with Gasteiger partial charge in [-0.3, -0.25) is 0 Å². The van der Waals surface area contributed by atoms with Gasteiger partial charge in [-0.05, 0) is 29.1 Å². The molecule has 0 aliphatic rings. The van der Waals surface area contributed by atoms with Crippen molar-refractivity contribution in [2.24, 2.45) is 0 Å². The molecule has 19 heavy (non-hydrogen) atoms. The summed E-state index contributed by atoms with van der Waals surface area (Å²) in [6, 6.07) is 6.44. The summed E-state index contributed by atoms with van der Waals surface area (Å²) in [5.74, 6) is 0. The fraction of sp³-hybridized carbons (Fsp3) is 0.231. The minimum Gasteiger partial charge on any atom is -0.387 e. The van der Waals surface area contributed by atoms with E-state index in [2.05, 4.69) is 0 Å². The first-order valence-corrected chi connectivity index (χ1v) is 6.71. The van der Waals surface area contributed by atoms with Crippen molar-refractivity contribution in [1.82, 2.24) is 0 Å². The number of aliphatic hydroxyl groups is 1. The molecule has 1 N–H and O–H groups in total. The molecule has 0 aliphatic carbocycles. The van der Waals surface area contributed by atoms with Crippen LogP contribution in [0.3, 0.4) is 0 Å². The van der Waals surface area contributed by atoms with Crippen LogP contribution >= 0.6 is 22.9 Å². The lowest BCUT2D eigenvalue weighted by Gasteiger charge is -2.11. The number of hydrogen-bond acceptors (Lipinski definition) is 2. The number of aliphatic hydroxyl groups excluding tert-OH is 1. The molecule has 1 unspecified atom stereocenters. The van der Waals surface area contributed by atoms with Crippen molar-refractivity contribution >= 4 is 22.9 Å². The van der Waals surface area contributed by atoms with Gasteiger partial charge >= 0.3 is 6.18 Å². The van der Waals surface area contributed by atoms with E-state index in [1.807, 2.05) is 0 Å². The van der Waals surface area contributed by atoms with E-state index >= 15 is 0 Å².